The molecule has 0 aromatic heterocycles. The van der Waals surface area contributed by atoms with Gasteiger partial charge in [0.15, 0.2) is 0 Å². The van der Waals surface area contributed by atoms with Gasteiger partial charge in [-0.15, -0.1) is 0 Å². The Morgan fingerprint density at radius 3 is 2.18 bits per heavy atom. The Balaban J connectivity index is 2.13. The molecule has 1 saturated carbocycles. The maximum atomic E-state index is 12.5. The van der Waals surface area contributed by atoms with E-state index in [9.17, 15) is 9.59 Å². The largest absolute Gasteiger partial charge is 0.481 e. The van der Waals surface area contributed by atoms with Gasteiger partial charge in [0.1, 0.15) is 0 Å². The lowest BCUT2D eigenvalue weighted by Crippen LogP contribution is -2.46. The van der Waals surface area contributed by atoms with Crippen LogP contribution in [0.5, 0.6) is 0 Å². The van der Waals surface area contributed by atoms with Gasteiger partial charge in [0.2, 0.25) is 5.91 Å². The minimum atomic E-state index is -0.856. The lowest BCUT2D eigenvalue weighted by Gasteiger charge is -2.35. The van der Waals surface area contributed by atoms with Gasteiger partial charge in [0.25, 0.3) is 0 Å². The molecular weight excluding hydrogens is 278 g/mol. The van der Waals surface area contributed by atoms with E-state index in [1.54, 1.807) is 0 Å². The van der Waals surface area contributed by atoms with Crippen LogP contribution in [0.3, 0.4) is 0 Å². The van der Waals surface area contributed by atoms with Crippen LogP contribution in [0.1, 0.15) is 51.1 Å². The molecule has 3 atom stereocenters. The first kappa shape index (κ1) is 16.5. The van der Waals surface area contributed by atoms with Crippen LogP contribution in [-0.4, -0.2) is 17.0 Å². The Hall–Kier alpha value is -1.84. The number of amides is 1. The molecule has 4 heteroatoms. The summed E-state index contributed by atoms with van der Waals surface area (Å²) in [7, 11) is 0. The molecule has 22 heavy (non-hydrogen) atoms. The van der Waals surface area contributed by atoms with E-state index in [1.807, 2.05) is 30.3 Å². The smallest absolute Gasteiger partial charge is 0.307 e. The first-order valence-corrected chi connectivity index (χ1v) is 8.16. The molecule has 0 spiro atoms. The number of carboxylic acids is 1. The predicted molar refractivity (Wildman–Crippen MR) is 85.2 cm³/mol. The predicted octanol–water partition coefficient (Wildman–Crippen LogP) is 3.39. The standard InChI is InChI=1S/C18H25NO3/c1-3-12(4-2)16(13-8-6-5-7-9-13)19-17(20)14-10-11-15(14)18(21)22/h5-9,12,14-16H,3-4,10-11H2,1-2H3,(H,19,20)(H,21,22). The summed E-state index contributed by atoms with van der Waals surface area (Å²) in [4.78, 5) is 23.6. The molecule has 1 amide bonds. The zero-order valence-corrected chi connectivity index (χ0v) is 13.3. The van der Waals surface area contributed by atoms with Gasteiger partial charge in [0, 0.05) is 0 Å². The van der Waals surface area contributed by atoms with Crippen LogP contribution in [0, 0.1) is 17.8 Å². The van der Waals surface area contributed by atoms with Gasteiger partial charge < -0.3 is 10.4 Å². The number of nitrogens with one attached hydrogen (secondary N) is 1. The SMILES string of the molecule is CCC(CC)C(NC(=O)C1CCC1C(=O)O)c1ccccc1. The van der Waals surface area contributed by atoms with Crippen LogP contribution in [0.2, 0.25) is 0 Å². The van der Waals surface area contributed by atoms with Crippen molar-refractivity contribution in [3.63, 3.8) is 0 Å². The number of carboxylic acid groups (broad SMARTS) is 1. The third-order valence-corrected chi connectivity index (χ3v) is 4.90. The van der Waals surface area contributed by atoms with E-state index in [4.69, 9.17) is 5.11 Å². The van der Waals surface area contributed by atoms with Crippen LogP contribution in [0.4, 0.5) is 0 Å². The van der Waals surface area contributed by atoms with Gasteiger partial charge in [-0.25, -0.2) is 0 Å². The van der Waals surface area contributed by atoms with Crippen molar-refractivity contribution in [1.82, 2.24) is 5.32 Å². The molecule has 0 radical (unpaired) electrons. The molecule has 0 aliphatic heterocycles. The number of rotatable bonds is 7. The summed E-state index contributed by atoms with van der Waals surface area (Å²) >= 11 is 0. The summed E-state index contributed by atoms with van der Waals surface area (Å²) in [6, 6.07) is 9.92. The van der Waals surface area contributed by atoms with Gasteiger partial charge in [-0.2, -0.15) is 0 Å². The zero-order valence-electron chi connectivity index (χ0n) is 13.3. The van der Waals surface area contributed by atoms with E-state index in [-0.39, 0.29) is 17.9 Å². The summed E-state index contributed by atoms with van der Waals surface area (Å²) in [6.07, 6.45) is 3.23. The lowest BCUT2D eigenvalue weighted by atomic mass is 9.73. The number of hydrogen-bond acceptors (Lipinski definition) is 2. The van der Waals surface area contributed by atoms with E-state index < -0.39 is 11.9 Å². The third kappa shape index (κ3) is 3.49. The fourth-order valence-corrected chi connectivity index (χ4v) is 3.26. The second-order valence-electron chi connectivity index (χ2n) is 6.10. The Kier molecular flexibility index (Phi) is 5.58. The Bertz CT molecular complexity index is 510. The van der Waals surface area contributed by atoms with Crippen molar-refractivity contribution in [2.75, 3.05) is 0 Å². The highest BCUT2D eigenvalue weighted by atomic mass is 16.4. The van der Waals surface area contributed by atoms with Crippen molar-refractivity contribution in [1.29, 1.82) is 0 Å². The molecular formula is C18H25NO3. The average Bonchev–Trinajstić information content (AvgIpc) is 2.46. The molecule has 1 aliphatic rings. The van der Waals surface area contributed by atoms with E-state index in [0.29, 0.717) is 18.8 Å². The molecule has 120 valence electrons. The molecule has 1 aliphatic carbocycles. The van der Waals surface area contributed by atoms with Crippen LogP contribution in [-0.2, 0) is 9.59 Å². The van der Waals surface area contributed by atoms with E-state index >= 15 is 0 Å². The van der Waals surface area contributed by atoms with Crippen molar-refractivity contribution in [2.45, 2.75) is 45.6 Å². The van der Waals surface area contributed by atoms with E-state index in [0.717, 1.165) is 18.4 Å². The average molecular weight is 303 g/mol. The first-order chi connectivity index (χ1) is 10.6. The number of carbonyl (C=O) groups excluding carboxylic acids is 1. The van der Waals surface area contributed by atoms with Crippen LogP contribution in [0.25, 0.3) is 0 Å². The van der Waals surface area contributed by atoms with Gasteiger partial charge in [-0.3, -0.25) is 9.59 Å². The van der Waals surface area contributed by atoms with Crippen molar-refractivity contribution in [3.05, 3.63) is 35.9 Å². The molecule has 4 nitrogen and oxygen atoms in total. The number of carbonyl (C=O) groups is 2. The number of hydrogen-bond donors (Lipinski definition) is 2. The highest BCUT2D eigenvalue weighted by molar-refractivity contribution is 5.86. The summed E-state index contributed by atoms with van der Waals surface area (Å²) in [6.45, 7) is 4.25. The van der Waals surface area contributed by atoms with Crippen molar-refractivity contribution < 1.29 is 14.7 Å². The van der Waals surface area contributed by atoms with Gasteiger partial charge in [0.05, 0.1) is 17.9 Å². The number of benzene rings is 1. The number of aliphatic carboxylic acids is 1. The van der Waals surface area contributed by atoms with Crippen molar-refractivity contribution in [3.8, 4) is 0 Å². The fraction of sp³-hybridized carbons (Fsp3) is 0.556. The minimum Gasteiger partial charge on any atom is -0.481 e. The fourth-order valence-electron chi connectivity index (χ4n) is 3.26. The Morgan fingerprint density at radius 1 is 1.14 bits per heavy atom. The highest BCUT2D eigenvalue weighted by Gasteiger charge is 2.42. The molecule has 0 bridgehead atoms. The highest BCUT2D eigenvalue weighted by Crippen LogP contribution is 2.36. The van der Waals surface area contributed by atoms with Crippen molar-refractivity contribution in [2.24, 2.45) is 17.8 Å². The summed E-state index contributed by atoms with van der Waals surface area (Å²) in [5.74, 6) is -1.50. The van der Waals surface area contributed by atoms with Gasteiger partial charge >= 0.3 is 5.97 Å². The maximum Gasteiger partial charge on any atom is 0.307 e. The molecule has 3 unspecified atom stereocenters. The minimum absolute atomic E-state index is 0.0428. The molecule has 0 saturated heterocycles. The third-order valence-electron chi connectivity index (χ3n) is 4.90. The summed E-state index contributed by atoms with van der Waals surface area (Å²) < 4.78 is 0. The molecule has 2 N–H and O–H groups in total. The molecule has 0 heterocycles. The monoisotopic (exact) mass is 303 g/mol. The van der Waals surface area contributed by atoms with E-state index in [1.165, 1.54) is 0 Å². The first-order valence-electron chi connectivity index (χ1n) is 8.16. The summed E-state index contributed by atoms with van der Waals surface area (Å²) in [5.41, 5.74) is 1.09. The zero-order chi connectivity index (χ0) is 16.1. The Labute approximate surface area is 131 Å². The van der Waals surface area contributed by atoms with E-state index in [2.05, 4.69) is 19.2 Å². The molecule has 1 fully saturated rings. The molecule has 1 aromatic rings. The summed E-state index contributed by atoms with van der Waals surface area (Å²) in [5, 5.41) is 12.2. The van der Waals surface area contributed by atoms with Crippen LogP contribution >= 0.6 is 0 Å². The second kappa shape index (κ2) is 7.43. The van der Waals surface area contributed by atoms with Gasteiger partial charge in [-0.1, -0.05) is 57.0 Å². The van der Waals surface area contributed by atoms with Crippen LogP contribution < -0.4 is 5.32 Å². The quantitative estimate of drug-likeness (QED) is 0.811. The lowest BCUT2D eigenvalue weighted by molar-refractivity contribution is -0.153. The van der Waals surface area contributed by atoms with Gasteiger partial charge in [-0.05, 0) is 24.3 Å². The molecule has 1 aromatic carbocycles. The second-order valence-corrected chi connectivity index (χ2v) is 6.10. The normalized spacial score (nSPS) is 22.0. The maximum absolute atomic E-state index is 12.5. The van der Waals surface area contributed by atoms with Crippen LogP contribution in [0.15, 0.2) is 30.3 Å². The molecule has 2 rings (SSSR count). The van der Waals surface area contributed by atoms with Crippen molar-refractivity contribution >= 4 is 11.9 Å². The Morgan fingerprint density at radius 2 is 1.73 bits per heavy atom. The topological polar surface area (TPSA) is 66.4 Å².